The van der Waals surface area contributed by atoms with Gasteiger partial charge in [-0.25, -0.2) is 0 Å². The van der Waals surface area contributed by atoms with E-state index in [0.717, 1.165) is 48.3 Å². The van der Waals surface area contributed by atoms with Crippen LogP contribution in [0.2, 0.25) is 0 Å². The maximum atomic E-state index is 9.68. The Morgan fingerprint density at radius 2 is 1.82 bits per heavy atom. The molecule has 4 aliphatic rings. The molecular weight excluding hydrogens is 408 g/mol. The average Bonchev–Trinajstić information content (AvgIpc) is 3.14. The smallest absolute Gasteiger partial charge is 0.100 e. The molecular formula is C30H52O3. The molecule has 3 fully saturated rings. The van der Waals surface area contributed by atoms with Gasteiger partial charge >= 0.3 is 0 Å². The lowest BCUT2D eigenvalue weighted by molar-refractivity contribution is -0.0746. The molecule has 190 valence electrons. The molecule has 0 aromatic heterocycles. The summed E-state index contributed by atoms with van der Waals surface area (Å²) in [5.74, 6) is 5.27. The molecule has 3 nitrogen and oxygen atoms in total. The first-order valence-electron chi connectivity index (χ1n) is 14.3. The number of fused-ring (bicyclic) bond motifs is 5. The first-order valence-corrected chi connectivity index (χ1v) is 14.3. The molecule has 5 unspecified atom stereocenters. The van der Waals surface area contributed by atoms with Gasteiger partial charge in [-0.15, -0.1) is 0 Å². The molecule has 2 N–H and O–H groups in total. The highest BCUT2D eigenvalue weighted by atomic mass is 16.5. The van der Waals surface area contributed by atoms with Gasteiger partial charge in [-0.1, -0.05) is 65.5 Å². The monoisotopic (exact) mass is 460 g/mol. The van der Waals surface area contributed by atoms with Crippen LogP contribution >= 0.6 is 0 Å². The summed E-state index contributed by atoms with van der Waals surface area (Å²) >= 11 is 0. The van der Waals surface area contributed by atoms with Gasteiger partial charge in [0.25, 0.3) is 0 Å². The fraction of sp³-hybridized carbons (Fsp3) is 0.933. The standard InChI is InChI=1S/C30H52O3/c1-20(2)7-6-8-21(3)26-11-12-27-25-10-9-22-17-24(33-19-23(32)18-31)13-15-29(22,4)28(25)14-16-30(26,27)5/h9,20-21,23-28,31-32H,6-8,10-19H2,1-5H3/t21-,23?,24?,25?,26-,27?,28?,29+,30-/m1/s1. The third kappa shape index (κ3) is 4.98. The lowest BCUT2D eigenvalue weighted by Gasteiger charge is -2.58. The Kier molecular flexibility index (Phi) is 8.03. The van der Waals surface area contributed by atoms with Crippen molar-refractivity contribution in [3.05, 3.63) is 11.6 Å². The summed E-state index contributed by atoms with van der Waals surface area (Å²) in [5.41, 5.74) is 2.54. The van der Waals surface area contributed by atoms with Crippen LogP contribution < -0.4 is 0 Å². The molecule has 3 saturated carbocycles. The minimum Gasteiger partial charge on any atom is -0.394 e. The van der Waals surface area contributed by atoms with Gasteiger partial charge in [0.2, 0.25) is 0 Å². The van der Waals surface area contributed by atoms with E-state index in [1.54, 1.807) is 5.57 Å². The van der Waals surface area contributed by atoms with Crippen LogP contribution in [0.25, 0.3) is 0 Å². The molecule has 4 aliphatic carbocycles. The summed E-state index contributed by atoms with van der Waals surface area (Å²) in [6, 6.07) is 0. The quantitative estimate of drug-likeness (QED) is 0.373. The van der Waals surface area contributed by atoms with E-state index < -0.39 is 6.10 Å². The Hall–Kier alpha value is -0.380. The Morgan fingerprint density at radius 3 is 2.55 bits per heavy atom. The van der Waals surface area contributed by atoms with Crippen LogP contribution in [0.3, 0.4) is 0 Å². The second kappa shape index (κ2) is 10.3. The van der Waals surface area contributed by atoms with Gasteiger partial charge < -0.3 is 14.9 Å². The molecule has 0 bridgehead atoms. The highest BCUT2D eigenvalue weighted by Crippen LogP contribution is 2.67. The zero-order chi connectivity index (χ0) is 23.8. The van der Waals surface area contributed by atoms with E-state index in [0.29, 0.717) is 10.8 Å². The van der Waals surface area contributed by atoms with Crippen molar-refractivity contribution in [2.45, 2.75) is 117 Å². The molecule has 3 heteroatoms. The number of aliphatic hydroxyl groups excluding tert-OH is 2. The van der Waals surface area contributed by atoms with Gasteiger partial charge in [0.1, 0.15) is 6.10 Å². The van der Waals surface area contributed by atoms with E-state index in [1.807, 2.05) is 0 Å². The predicted octanol–water partition coefficient (Wildman–Crippen LogP) is 6.77. The lowest BCUT2D eigenvalue weighted by Crippen LogP contribution is -2.51. The molecule has 33 heavy (non-hydrogen) atoms. The van der Waals surface area contributed by atoms with Gasteiger partial charge in [-0.05, 0) is 97.7 Å². The summed E-state index contributed by atoms with van der Waals surface area (Å²) in [6.07, 6.45) is 16.7. The van der Waals surface area contributed by atoms with Gasteiger partial charge in [0.05, 0.1) is 19.3 Å². The van der Waals surface area contributed by atoms with Crippen molar-refractivity contribution >= 4 is 0 Å². The second-order valence-corrected chi connectivity index (χ2v) is 13.3. The summed E-state index contributed by atoms with van der Waals surface area (Å²) in [7, 11) is 0. The number of hydrogen-bond acceptors (Lipinski definition) is 3. The van der Waals surface area contributed by atoms with Crippen molar-refractivity contribution in [2.24, 2.45) is 46.3 Å². The Bertz CT molecular complexity index is 686. The van der Waals surface area contributed by atoms with Crippen molar-refractivity contribution < 1.29 is 14.9 Å². The van der Waals surface area contributed by atoms with E-state index in [1.165, 1.54) is 57.8 Å². The van der Waals surface area contributed by atoms with Crippen LogP contribution in [0, 0.1) is 46.3 Å². The minimum atomic E-state index is -0.748. The van der Waals surface area contributed by atoms with Crippen LogP contribution in [0.1, 0.15) is 105 Å². The van der Waals surface area contributed by atoms with E-state index >= 15 is 0 Å². The largest absolute Gasteiger partial charge is 0.394 e. The Balaban J connectivity index is 1.42. The van der Waals surface area contributed by atoms with Gasteiger partial charge in [0.15, 0.2) is 0 Å². The highest BCUT2D eigenvalue weighted by molar-refractivity contribution is 5.25. The van der Waals surface area contributed by atoms with Crippen LogP contribution in [0.15, 0.2) is 11.6 Å². The topological polar surface area (TPSA) is 49.7 Å². The highest BCUT2D eigenvalue weighted by Gasteiger charge is 2.59. The van der Waals surface area contributed by atoms with Crippen molar-refractivity contribution in [3.63, 3.8) is 0 Å². The Labute approximate surface area is 203 Å². The normalized spacial score (nSPS) is 42.3. The van der Waals surface area contributed by atoms with E-state index in [9.17, 15) is 5.11 Å². The fourth-order valence-corrected chi connectivity index (χ4v) is 9.09. The number of allylic oxidation sites excluding steroid dienone is 1. The second-order valence-electron chi connectivity index (χ2n) is 13.3. The number of aliphatic hydroxyl groups is 2. The van der Waals surface area contributed by atoms with Gasteiger partial charge in [0, 0.05) is 0 Å². The molecule has 0 saturated heterocycles. The molecule has 0 spiro atoms. The molecule has 0 aromatic carbocycles. The molecule has 9 atom stereocenters. The Morgan fingerprint density at radius 1 is 1.03 bits per heavy atom. The maximum absolute atomic E-state index is 9.68. The fourth-order valence-electron chi connectivity index (χ4n) is 9.09. The van der Waals surface area contributed by atoms with Crippen molar-refractivity contribution in [1.82, 2.24) is 0 Å². The van der Waals surface area contributed by atoms with Crippen LogP contribution in [-0.4, -0.2) is 35.6 Å². The van der Waals surface area contributed by atoms with Crippen molar-refractivity contribution in [2.75, 3.05) is 13.2 Å². The predicted molar refractivity (Wildman–Crippen MR) is 136 cm³/mol. The molecule has 0 aliphatic heterocycles. The summed E-state index contributed by atoms with van der Waals surface area (Å²) in [6.45, 7) is 12.6. The first kappa shape index (κ1) is 25.7. The van der Waals surface area contributed by atoms with Crippen LogP contribution in [0.5, 0.6) is 0 Å². The van der Waals surface area contributed by atoms with E-state index in [2.05, 4.69) is 40.7 Å². The number of hydrogen-bond donors (Lipinski definition) is 2. The van der Waals surface area contributed by atoms with Crippen LogP contribution in [0.4, 0.5) is 0 Å². The van der Waals surface area contributed by atoms with Crippen LogP contribution in [-0.2, 0) is 4.74 Å². The first-order chi connectivity index (χ1) is 15.7. The third-order valence-corrected chi connectivity index (χ3v) is 11.0. The molecule has 0 radical (unpaired) electrons. The summed E-state index contributed by atoms with van der Waals surface area (Å²) < 4.78 is 5.99. The van der Waals surface area contributed by atoms with Gasteiger partial charge in [-0.3, -0.25) is 0 Å². The van der Waals surface area contributed by atoms with Crippen molar-refractivity contribution in [3.8, 4) is 0 Å². The van der Waals surface area contributed by atoms with Gasteiger partial charge in [-0.2, -0.15) is 0 Å². The zero-order valence-corrected chi connectivity index (χ0v) is 22.2. The molecule has 4 rings (SSSR count). The van der Waals surface area contributed by atoms with E-state index in [4.69, 9.17) is 9.84 Å². The molecule has 0 amide bonds. The zero-order valence-electron chi connectivity index (χ0n) is 22.2. The summed E-state index contributed by atoms with van der Waals surface area (Å²) in [4.78, 5) is 0. The van der Waals surface area contributed by atoms with Crippen molar-refractivity contribution in [1.29, 1.82) is 0 Å². The van der Waals surface area contributed by atoms with E-state index in [-0.39, 0.29) is 19.3 Å². The average molecular weight is 461 g/mol. The molecule has 0 heterocycles. The number of ether oxygens (including phenoxy) is 1. The number of rotatable bonds is 9. The summed E-state index contributed by atoms with van der Waals surface area (Å²) in [5, 5.41) is 18.8. The SMILES string of the molecule is CC(C)CCC[C@@H](C)[C@H]1CCC2C3CC=C4CC(OCC(O)CO)CC[C@]4(C)C3CC[C@@]21C. The maximum Gasteiger partial charge on any atom is 0.100 e. The molecule has 0 aromatic rings. The lowest BCUT2D eigenvalue weighted by atomic mass is 9.47. The third-order valence-electron chi connectivity index (χ3n) is 11.0. The minimum absolute atomic E-state index is 0.207.